The Kier molecular flexibility index (Phi) is 18.4. The standard InChI is InChI=1S/C6H8O7.C2H5NO2.2Mg/c7-3(8)1-6(13,5(11)12)2-4(9)10;3-1-2(4)5;;/h13H,1-2H2,(H,7,8)(H,9,10)(H,11,12);1,3H2,(H,4,5);;/q;;2*+2/p-1. The third kappa shape index (κ3) is 15.4. The first kappa shape index (κ1) is 27.6. The third-order valence-electron chi connectivity index (χ3n) is 1.45. The normalized spacial score (nSPS) is 11.3. The van der Waals surface area contributed by atoms with Crippen LogP contribution in [0.25, 0.3) is 0 Å². The number of aliphatic hydroxyl groups is 1. The zero-order chi connectivity index (χ0) is 14.9. The fourth-order valence-electron chi connectivity index (χ4n) is 0.703. The first-order valence-corrected chi connectivity index (χ1v) is 4.34. The number of carbonyl (C=O) groups excluding carboxylic acids is 1. The molecule has 12 heteroatoms. The quantitative estimate of drug-likeness (QED) is 0.299. The fourth-order valence-corrected chi connectivity index (χ4v) is 0.703. The Balaban J connectivity index is -0.000000158. The molecule has 0 saturated carbocycles. The average Bonchev–Trinajstić information content (AvgIpc) is 2.15. The molecule has 0 saturated heterocycles. The van der Waals surface area contributed by atoms with E-state index >= 15 is 0 Å². The summed E-state index contributed by atoms with van der Waals surface area (Å²) in [5, 5.41) is 43.1. The predicted octanol–water partition coefficient (Wildman–Crippen LogP) is -4.32. The molecule has 10 nitrogen and oxygen atoms in total. The molecule has 0 rings (SSSR count). The summed E-state index contributed by atoms with van der Waals surface area (Å²) in [4.78, 5) is 39.6. The van der Waals surface area contributed by atoms with E-state index in [0.29, 0.717) is 0 Å². The minimum absolute atomic E-state index is 0. The van der Waals surface area contributed by atoms with Gasteiger partial charge in [0.2, 0.25) is 0 Å². The number of carboxylic acids is 4. The molecule has 0 spiro atoms. The van der Waals surface area contributed by atoms with Crippen molar-refractivity contribution < 1.29 is 44.7 Å². The SMILES string of the molecule is NCC(=O)O.O=C([O-])CC(O)(CC(=O)O)C(=O)O.[Mg+2].[Mg+2]. The van der Waals surface area contributed by atoms with Gasteiger partial charge in [0, 0.05) is 12.4 Å². The van der Waals surface area contributed by atoms with Gasteiger partial charge in [0.15, 0.2) is 5.60 Å². The van der Waals surface area contributed by atoms with E-state index < -0.39 is 42.3 Å². The Labute approximate surface area is 145 Å². The molecule has 0 radical (unpaired) electrons. The van der Waals surface area contributed by atoms with Gasteiger partial charge in [0.05, 0.1) is 13.0 Å². The van der Waals surface area contributed by atoms with Crippen LogP contribution in [-0.2, 0) is 19.2 Å². The zero-order valence-corrected chi connectivity index (χ0v) is 13.3. The van der Waals surface area contributed by atoms with E-state index in [4.69, 9.17) is 20.4 Å². The van der Waals surface area contributed by atoms with Crippen LogP contribution in [0, 0.1) is 0 Å². The monoisotopic (exact) mass is 314 g/mol. The summed E-state index contributed by atoms with van der Waals surface area (Å²) in [6.07, 6.45) is -2.44. The predicted molar refractivity (Wildman–Crippen MR) is 62.7 cm³/mol. The van der Waals surface area contributed by atoms with Crippen molar-refractivity contribution in [2.45, 2.75) is 18.4 Å². The van der Waals surface area contributed by atoms with Gasteiger partial charge in [0.25, 0.3) is 0 Å². The number of hydrogen-bond donors (Lipinski definition) is 5. The van der Waals surface area contributed by atoms with E-state index in [1.807, 2.05) is 0 Å². The number of carbonyl (C=O) groups is 4. The summed E-state index contributed by atoms with van der Waals surface area (Å²) in [7, 11) is 0. The smallest absolute Gasteiger partial charge is 0.550 e. The summed E-state index contributed by atoms with van der Waals surface area (Å²) >= 11 is 0. The van der Waals surface area contributed by atoms with Crippen LogP contribution < -0.4 is 10.8 Å². The van der Waals surface area contributed by atoms with Crippen molar-refractivity contribution >= 4 is 70.0 Å². The van der Waals surface area contributed by atoms with Gasteiger partial charge in [-0.15, -0.1) is 0 Å². The van der Waals surface area contributed by atoms with Gasteiger partial charge in [-0.25, -0.2) is 4.79 Å². The molecule has 20 heavy (non-hydrogen) atoms. The van der Waals surface area contributed by atoms with Gasteiger partial charge >= 0.3 is 64.0 Å². The van der Waals surface area contributed by atoms with Crippen molar-refractivity contribution in [3.63, 3.8) is 0 Å². The van der Waals surface area contributed by atoms with Crippen molar-refractivity contribution in [3.8, 4) is 0 Å². The van der Waals surface area contributed by atoms with Crippen LogP contribution in [0.5, 0.6) is 0 Å². The Morgan fingerprint density at radius 3 is 1.45 bits per heavy atom. The number of carboxylic acid groups (broad SMARTS) is 4. The molecule has 104 valence electrons. The second-order valence-corrected chi connectivity index (χ2v) is 3.05. The first-order chi connectivity index (χ1) is 8.05. The molecule has 0 amide bonds. The summed E-state index contributed by atoms with van der Waals surface area (Å²) < 4.78 is 0. The molecule has 0 aromatic carbocycles. The molecule has 1 atom stereocenters. The maximum Gasteiger partial charge on any atom is 2.00 e. The Morgan fingerprint density at radius 1 is 0.950 bits per heavy atom. The fraction of sp³-hybridized carbons (Fsp3) is 0.500. The third-order valence-corrected chi connectivity index (χ3v) is 1.45. The second kappa shape index (κ2) is 13.3. The Morgan fingerprint density at radius 2 is 1.30 bits per heavy atom. The van der Waals surface area contributed by atoms with Gasteiger partial charge in [-0.05, 0) is 0 Å². The maximum absolute atomic E-state index is 10.3. The molecule has 1 unspecified atom stereocenters. The van der Waals surface area contributed by atoms with Crippen LogP contribution in [0.2, 0.25) is 0 Å². The van der Waals surface area contributed by atoms with Gasteiger partial charge in [0.1, 0.15) is 0 Å². The van der Waals surface area contributed by atoms with Crippen molar-refractivity contribution in [1.29, 1.82) is 0 Å². The summed E-state index contributed by atoms with van der Waals surface area (Å²) in [5.74, 6) is -6.30. The van der Waals surface area contributed by atoms with Gasteiger partial charge in [-0.3, -0.25) is 9.59 Å². The summed E-state index contributed by atoms with van der Waals surface area (Å²) in [6, 6.07) is 0. The van der Waals surface area contributed by atoms with E-state index in [2.05, 4.69) is 5.73 Å². The van der Waals surface area contributed by atoms with E-state index in [1.165, 1.54) is 0 Å². The number of rotatable bonds is 6. The largest absolute Gasteiger partial charge is 2.00 e. The average molecular weight is 315 g/mol. The van der Waals surface area contributed by atoms with E-state index in [0.717, 1.165) is 0 Å². The summed E-state index contributed by atoms with van der Waals surface area (Å²) in [5.41, 5.74) is 1.77. The molecule has 0 heterocycles. The van der Waals surface area contributed by atoms with Crippen LogP contribution >= 0.6 is 0 Å². The summed E-state index contributed by atoms with van der Waals surface area (Å²) in [6.45, 7) is -0.278. The molecule has 0 bridgehead atoms. The number of nitrogens with two attached hydrogens (primary N) is 1. The topological polar surface area (TPSA) is 198 Å². The van der Waals surface area contributed by atoms with Crippen LogP contribution in [-0.4, -0.2) is 103 Å². The second-order valence-electron chi connectivity index (χ2n) is 3.05. The van der Waals surface area contributed by atoms with Gasteiger partial charge < -0.3 is 36.1 Å². The molecule has 0 aliphatic rings. The maximum atomic E-state index is 10.3. The van der Waals surface area contributed by atoms with E-state index in [9.17, 15) is 24.3 Å². The van der Waals surface area contributed by atoms with Crippen molar-refractivity contribution in [3.05, 3.63) is 0 Å². The Hall–Kier alpha value is -0.668. The van der Waals surface area contributed by atoms with Crippen molar-refractivity contribution in [2.75, 3.05) is 6.54 Å². The van der Waals surface area contributed by atoms with Crippen LogP contribution in [0.3, 0.4) is 0 Å². The number of hydrogen-bond acceptors (Lipinski definition) is 7. The van der Waals surface area contributed by atoms with Crippen molar-refractivity contribution in [1.82, 2.24) is 0 Å². The van der Waals surface area contributed by atoms with Crippen LogP contribution in [0.4, 0.5) is 0 Å². The molecule has 0 aromatic rings. The molecule has 6 N–H and O–H groups in total. The van der Waals surface area contributed by atoms with E-state index in [1.54, 1.807) is 0 Å². The molecule has 0 aliphatic carbocycles. The zero-order valence-electron chi connectivity index (χ0n) is 10.4. The van der Waals surface area contributed by atoms with E-state index in [-0.39, 0.29) is 52.7 Å². The number of aliphatic carboxylic acids is 4. The molecule has 0 aliphatic heterocycles. The van der Waals surface area contributed by atoms with Crippen molar-refractivity contribution in [2.24, 2.45) is 5.73 Å². The molecular weight excluding hydrogens is 303 g/mol. The van der Waals surface area contributed by atoms with Crippen LogP contribution in [0.15, 0.2) is 0 Å². The molecular formula is C8H12Mg2NO9+3. The van der Waals surface area contributed by atoms with Crippen LogP contribution in [0.1, 0.15) is 12.8 Å². The van der Waals surface area contributed by atoms with Gasteiger partial charge in [-0.2, -0.15) is 0 Å². The minimum Gasteiger partial charge on any atom is -0.550 e. The van der Waals surface area contributed by atoms with Gasteiger partial charge in [-0.1, -0.05) is 0 Å². The molecule has 0 aromatic heterocycles. The molecule has 0 fully saturated rings. The Bertz CT molecular complexity index is 331. The first-order valence-electron chi connectivity index (χ1n) is 4.34. The minimum atomic E-state index is -2.80.